The number of rotatable bonds is 3. The molecule has 0 amide bonds. The van der Waals surface area contributed by atoms with E-state index in [2.05, 4.69) is 0 Å². The van der Waals surface area contributed by atoms with Crippen LogP contribution in [-0.2, 0) is 10.0 Å². The Hall–Kier alpha value is -0.330. The molecular formula is C13H18Cl2N2O2S. The second kappa shape index (κ2) is 6.20. The lowest BCUT2D eigenvalue weighted by molar-refractivity contribution is 0.251. The van der Waals surface area contributed by atoms with Gasteiger partial charge in [0.1, 0.15) is 4.90 Å². The molecule has 1 fully saturated rings. The fraction of sp³-hybridized carbons (Fsp3) is 0.538. The van der Waals surface area contributed by atoms with Gasteiger partial charge in [0.15, 0.2) is 0 Å². The van der Waals surface area contributed by atoms with Crippen molar-refractivity contribution >= 4 is 33.2 Å². The van der Waals surface area contributed by atoms with Gasteiger partial charge in [-0.05, 0) is 43.9 Å². The van der Waals surface area contributed by atoms with E-state index in [-0.39, 0.29) is 16.0 Å². The fourth-order valence-corrected chi connectivity index (χ4v) is 4.66. The molecule has 0 aromatic heterocycles. The van der Waals surface area contributed by atoms with Crippen molar-refractivity contribution in [3.05, 3.63) is 28.2 Å². The van der Waals surface area contributed by atoms with Gasteiger partial charge >= 0.3 is 0 Å². The summed E-state index contributed by atoms with van der Waals surface area (Å²) in [5, 5.41) is 0.558. The average molecular weight is 337 g/mol. The molecule has 1 saturated heterocycles. The van der Waals surface area contributed by atoms with Gasteiger partial charge in [-0.25, -0.2) is 8.42 Å². The average Bonchev–Trinajstić information content (AvgIpc) is 2.41. The van der Waals surface area contributed by atoms with Gasteiger partial charge in [0.2, 0.25) is 10.0 Å². The maximum Gasteiger partial charge on any atom is 0.244 e. The number of sulfonamides is 1. The summed E-state index contributed by atoms with van der Waals surface area (Å²) in [6.07, 6.45) is 1.55. The van der Waals surface area contributed by atoms with Crippen molar-refractivity contribution in [2.75, 3.05) is 13.1 Å². The zero-order valence-corrected chi connectivity index (χ0v) is 13.5. The van der Waals surface area contributed by atoms with Crippen LogP contribution in [0.3, 0.4) is 0 Å². The topological polar surface area (TPSA) is 63.4 Å². The number of piperidine rings is 1. The van der Waals surface area contributed by atoms with Crippen LogP contribution in [0, 0.1) is 5.92 Å². The van der Waals surface area contributed by atoms with Gasteiger partial charge in [0.05, 0.1) is 5.02 Å². The van der Waals surface area contributed by atoms with Gasteiger partial charge in [0, 0.05) is 24.2 Å². The maximum absolute atomic E-state index is 12.6. The van der Waals surface area contributed by atoms with Crippen molar-refractivity contribution in [3.63, 3.8) is 0 Å². The van der Waals surface area contributed by atoms with Crippen LogP contribution in [0.4, 0.5) is 0 Å². The van der Waals surface area contributed by atoms with E-state index in [1.807, 2.05) is 6.92 Å². The summed E-state index contributed by atoms with van der Waals surface area (Å²) >= 11 is 11.9. The van der Waals surface area contributed by atoms with Crippen LogP contribution in [-0.4, -0.2) is 31.9 Å². The highest BCUT2D eigenvalue weighted by Gasteiger charge is 2.31. The molecule has 2 rings (SSSR count). The Labute approximate surface area is 129 Å². The zero-order chi connectivity index (χ0) is 14.9. The monoisotopic (exact) mass is 336 g/mol. The summed E-state index contributed by atoms with van der Waals surface area (Å²) in [7, 11) is -3.59. The zero-order valence-electron chi connectivity index (χ0n) is 11.2. The fourth-order valence-electron chi connectivity index (χ4n) is 2.46. The van der Waals surface area contributed by atoms with Crippen LogP contribution in [0.25, 0.3) is 0 Å². The lowest BCUT2D eigenvalue weighted by Crippen LogP contribution is -2.42. The minimum Gasteiger partial charge on any atom is -0.328 e. The Balaban J connectivity index is 2.22. The molecule has 1 aromatic rings. The highest BCUT2D eigenvalue weighted by atomic mass is 35.5. The second-order valence-corrected chi connectivity index (χ2v) is 7.93. The molecule has 0 saturated carbocycles. The van der Waals surface area contributed by atoms with Crippen molar-refractivity contribution < 1.29 is 8.42 Å². The molecule has 1 atom stereocenters. The quantitative estimate of drug-likeness (QED) is 0.922. The van der Waals surface area contributed by atoms with Crippen molar-refractivity contribution in [1.82, 2.24) is 4.31 Å². The van der Waals surface area contributed by atoms with E-state index in [0.29, 0.717) is 24.0 Å². The first-order chi connectivity index (χ1) is 9.32. The first kappa shape index (κ1) is 16.0. The molecule has 0 aliphatic carbocycles. The molecule has 0 radical (unpaired) electrons. The smallest absolute Gasteiger partial charge is 0.244 e. The summed E-state index contributed by atoms with van der Waals surface area (Å²) < 4.78 is 26.6. The number of halogens is 2. The molecular weight excluding hydrogens is 319 g/mol. The molecule has 1 heterocycles. The lowest BCUT2D eigenvalue weighted by atomic mass is 9.92. The van der Waals surface area contributed by atoms with E-state index in [1.54, 1.807) is 6.07 Å². The van der Waals surface area contributed by atoms with Gasteiger partial charge < -0.3 is 5.73 Å². The molecule has 112 valence electrons. The molecule has 1 aliphatic rings. The molecule has 20 heavy (non-hydrogen) atoms. The number of hydrogen-bond acceptors (Lipinski definition) is 3. The number of hydrogen-bond donors (Lipinski definition) is 1. The molecule has 1 unspecified atom stereocenters. The number of nitrogens with two attached hydrogens (primary N) is 1. The summed E-state index contributed by atoms with van der Waals surface area (Å²) in [5.41, 5.74) is 5.87. The van der Waals surface area contributed by atoms with Crippen LogP contribution in [0.15, 0.2) is 23.1 Å². The Bertz CT molecular complexity index is 582. The molecule has 1 aliphatic heterocycles. The van der Waals surface area contributed by atoms with Crippen LogP contribution in [0.5, 0.6) is 0 Å². The predicted octanol–water partition coefficient (Wildman–Crippen LogP) is 2.74. The normalized spacial score (nSPS) is 20.0. The van der Waals surface area contributed by atoms with Crippen LogP contribution in [0.2, 0.25) is 10.0 Å². The first-order valence-corrected chi connectivity index (χ1v) is 8.72. The lowest BCUT2D eigenvalue weighted by Gasteiger charge is -2.33. The van der Waals surface area contributed by atoms with Gasteiger partial charge in [0.25, 0.3) is 0 Å². The van der Waals surface area contributed by atoms with E-state index >= 15 is 0 Å². The van der Waals surface area contributed by atoms with Crippen molar-refractivity contribution in [2.24, 2.45) is 11.7 Å². The third kappa shape index (κ3) is 3.28. The van der Waals surface area contributed by atoms with E-state index < -0.39 is 10.0 Å². The van der Waals surface area contributed by atoms with Crippen molar-refractivity contribution in [2.45, 2.75) is 30.7 Å². The van der Waals surface area contributed by atoms with Gasteiger partial charge in [-0.2, -0.15) is 4.31 Å². The summed E-state index contributed by atoms with van der Waals surface area (Å²) in [6.45, 7) is 2.90. The van der Waals surface area contributed by atoms with E-state index in [1.165, 1.54) is 16.4 Å². The Morgan fingerprint density at radius 3 is 2.45 bits per heavy atom. The molecule has 4 nitrogen and oxygen atoms in total. The molecule has 0 spiro atoms. The van der Waals surface area contributed by atoms with Crippen LogP contribution < -0.4 is 5.73 Å². The summed E-state index contributed by atoms with van der Waals surface area (Å²) in [6, 6.07) is 4.57. The van der Waals surface area contributed by atoms with Gasteiger partial charge in [-0.1, -0.05) is 23.2 Å². The third-order valence-electron chi connectivity index (χ3n) is 3.75. The maximum atomic E-state index is 12.6. The largest absolute Gasteiger partial charge is 0.328 e. The minimum absolute atomic E-state index is 0.0749. The Morgan fingerprint density at radius 1 is 1.30 bits per heavy atom. The van der Waals surface area contributed by atoms with Crippen molar-refractivity contribution in [3.8, 4) is 0 Å². The number of nitrogens with zero attached hydrogens (tertiary/aromatic N) is 1. The number of benzene rings is 1. The second-order valence-electron chi connectivity index (χ2n) is 5.18. The molecule has 7 heteroatoms. The molecule has 1 aromatic carbocycles. The minimum atomic E-state index is -3.59. The highest BCUT2D eigenvalue weighted by Crippen LogP contribution is 2.30. The molecule has 0 bridgehead atoms. The van der Waals surface area contributed by atoms with Gasteiger partial charge in [-0.15, -0.1) is 0 Å². The van der Waals surface area contributed by atoms with E-state index in [9.17, 15) is 8.42 Å². The highest BCUT2D eigenvalue weighted by molar-refractivity contribution is 7.89. The van der Waals surface area contributed by atoms with Crippen LogP contribution in [0.1, 0.15) is 19.8 Å². The Kier molecular flexibility index (Phi) is 4.97. The van der Waals surface area contributed by atoms with Crippen molar-refractivity contribution in [1.29, 1.82) is 0 Å². The summed E-state index contributed by atoms with van der Waals surface area (Å²) in [4.78, 5) is 0.0749. The predicted molar refractivity (Wildman–Crippen MR) is 81.6 cm³/mol. The standard InChI is InChI=1S/C13H18Cl2N2O2S/c1-9(16)10-4-6-17(7-5-10)20(18,19)13-8-11(14)2-3-12(13)15/h2-3,8-10H,4-7,16H2,1H3. The van der Waals surface area contributed by atoms with E-state index in [0.717, 1.165) is 12.8 Å². The Morgan fingerprint density at radius 2 is 1.90 bits per heavy atom. The SMILES string of the molecule is CC(N)C1CCN(S(=O)(=O)c2cc(Cl)ccc2Cl)CC1. The summed E-state index contributed by atoms with van der Waals surface area (Å²) in [5.74, 6) is 0.372. The van der Waals surface area contributed by atoms with Crippen LogP contribution >= 0.6 is 23.2 Å². The third-order valence-corrected chi connectivity index (χ3v) is 6.37. The molecule has 2 N–H and O–H groups in total. The van der Waals surface area contributed by atoms with E-state index in [4.69, 9.17) is 28.9 Å². The first-order valence-electron chi connectivity index (χ1n) is 6.53. The van der Waals surface area contributed by atoms with Gasteiger partial charge in [-0.3, -0.25) is 0 Å².